The molecule has 0 saturated heterocycles. The van der Waals surface area contributed by atoms with Crippen LogP contribution in [0.15, 0.2) is 24.3 Å². The fraction of sp³-hybridized carbons (Fsp3) is 0.400. The van der Waals surface area contributed by atoms with Crippen molar-refractivity contribution in [3.8, 4) is 5.75 Å². The minimum absolute atomic E-state index is 0. The van der Waals surface area contributed by atoms with Gasteiger partial charge >= 0.3 is 23.1 Å². The molecular formula is C10H15MgO. The number of para-hydroxylation sites is 1. The maximum Gasteiger partial charge on any atom is 0.316 e. The first kappa shape index (κ1) is 11.8. The van der Waals surface area contributed by atoms with Crippen LogP contribution in [0.25, 0.3) is 0 Å². The van der Waals surface area contributed by atoms with Crippen molar-refractivity contribution in [2.24, 2.45) is 0 Å². The molecule has 0 saturated carbocycles. The smallest absolute Gasteiger partial charge is 0.316 e. The van der Waals surface area contributed by atoms with E-state index in [0.717, 1.165) is 18.8 Å². The lowest BCUT2D eigenvalue weighted by Gasteiger charge is -2.02. The molecule has 0 aromatic heterocycles. The molecule has 63 valence electrons. The average Bonchev–Trinajstić information content (AvgIpc) is 2.07. The molecule has 1 radical (unpaired) electrons. The van der Waals surface area contributed by atoms with Crippen molar-refractivity contribution in [3.05, 3.63) is 30.3 Å². The molecule has 0 spiro atoms. The van der Waals surface area contributed by atoms with Crippen molar-refractivity contribution in [1.82, 2.24) is 0 Å². The number of hydrogen-bond donors (Lipinski definition) is 0. The van der Waals surface area contributed by atoms with E-state index in [0.29, 0.717) is 0 Å². The third-order valence-corrected chi connectivity index (χ3v) is 1.44. The Morgan fingerprint density at radius 3 is 2.83 bits per heavy atom. The van der Waals surface area contributed by atoms with Crippen molar-refractivity contribution in [1.29, 1.82) is 0 Å². The largest absolute Gasteiger partial charge is 0.493 e. The van der Waals surface area contributed by atoms with Gasteiger partial charge in [0.15, 0.2) is 0 Å². The second-order valence-electron chi connectivity index (χ2n) is 2.43. The molecule has 0 N–H and O–H groups in total. The number of ether oxygens (including phenoxy) is 1. The van der Waals surface area contributed by atoms with Gasteiger partial charge in [-0.1, -0.05) is 31.5 Å². The lowest BCUT2D eigenvalue weighted by molar-refractivity contribution is 0.309. The van der Waals surface area contributed by atoms with E-state index in [1.54, 1.807) is 0 Å². The van der Waals surface area contributed by atoms with Crippen molar-refractivity contribution < 1.29 is 4.74 Å². The van der Waals surface area contributed by atoms with Crippen LogP contribution in [0.1, 0.15) is 19.8 Å². The predicted molar refractivity (Wildman–Crippen MR) is 54.2 cm³/mol. The summed E-state index contributed by atoms with van der Waals surface area (Å²) in [5.74, 6) is 0.848. The molecule has 1 aromatic carbocycles. The lowest BCUT2D eigenvalue weighted by atomic mass is 10.3. The summed E-state index contributed by atoms with van der Waals surface area (Å²) in [6, 6.07) is 10.7. The van der Waals surface area contributed by atoms with Gasteiger partial charge in [-0.3, -0.25) is 0 Å². The Morgan fingerprint density at radius 2 is 2.25 bits per heavy atom. The zero-order chi connectivity index (χ0) is 7.94. The summed E-state index contributed by atoms with van der Waals surface area (Å²) in [5, 5.41) is 0. The van der Waals surface area contributed by atoms with Gasteiger partial charge in [-0.25, -0.2) is 0 Å². The maximum atomic E-state index is 5.39. The van der Waals surface area contributed by atoms with Gasteiger partial charge in [-0.15, -0.1) is 0 Å². The highest BCUT2D eigenvalue weighted by Gasteiger charge is 1.89. The van der Waals surface area contributed by atoms with Crippen LogP contribution < -0.4 is 4.74 Å². The first-order valence-electron chi connectivity index (χ1n) is 4.03. The van der Waals surface area contributed by atoms with Crippen molar-refractivity contribution in [2.45, 2.75) is 19.8 Å². The predicted octanol–water partition coefficient (Wildman–Crippen LogP) is 1.75. The summed E-state index contributed by atoms with van der Waals surface area (Å²) in [5.41, 5.74) is 0. The highest BCUT2D eigenvalue weighted by Crippen LogP contribution is 2.07. The summed E-state index contributed by atoms with van der Waals surface area (Å²) < 4.78 is 5.39. The summed E-state index contributed by atoms with van der Waals surface area (Å²) in [4.78, 5) is 0. The summed E-state index contributed by atoms with van der Waals surface area (Å²) >= 11 is 0. The zero-order valence-electron chi connectivity index (χ0n) is 6.84. The van der Waals surface area contributed by atoms with Crippen LogP contribution in [-0.2, 0) is 0 Å². The average molecular weight is 176 g/mol. The van der Waals surface area contributed by atoms with E-state index in [1.165, 1.54) is 6.42 Å². The Morgan fingerprint density at radius 1 is 1.42 bits per heavy atom. The number of unbranched alkanes of at least 4 members (excludes halogenated alkanes) is 1. The molecule has 0 amide bonds. The number of benzene rings is 1. The molecule has 2 heteroatoms. The first-order valence-corrected chi connectivity index (χ1v) is 4.03. The molecule has 0 aliphatic heterocycles. The van der Waals surface area contributed by atoms with Gasteiger partial charge in [0.25, 0.3) is 0 Å². The molecule has 12 heavy (non-hydrogen) atoms. The third kappa shape index (κ3) is 4.62. The highest BCUT2D eigenvalue weighted by molar-refractivity contribution is 5.75. The molecule has 0 unspecified atom stereocenters. The summed E-state index contributed by atoms with van der Waals surface area (Å²) in [6.07, 6.45) is 2.29. The van der Waals surface area contributed by atoms with Crippen molar-refractivity contribution >= 4 is 23.1 Å². The molecule has 0 heterocycles. The quantitative estimate of drug-likeness (QED) is 0.501. The molecule has 0 bridgehead atoms. The van der Waals surface area contributed by atoms with E-state index in [9.17, 15) is 0 Å². The van der Waals surface area contributed by atoms with Crippen LogP contribution >= 0.6 is 0 Å². The normalized spacial score (nSPS) is 8.75. The fourth-order valence-electron chi connectivity index (χ4n) is 0.793. The van der Waals surface area contributed by atoms with Gasteiger partial charge in [0.1, 0.15) is 5.75 Å². The zero-order valence-corrected chi connectivity index (χ0v) is 6.84. The molecule has 0 aliphatic carbocycles. The molecule has 0 fully saturated rings. The summed E-state index contributed by atoms with van der Waals surface area (Å²) in [7, 11) is 0. The van der Waals surface area contributed by atoms with Crippen LogP contribution in [0.2, 0.25) is 0 Å². The Kier molecular flexibility index (Phi) is 7.30. The monoisotopic (exact) mass is 175 g/mol. The van der Waals surface area contributed by atoms with Crippen LogP contribution in [0.5, 0.6) is 5.75 Å². The van der Waals surface area contributed by atoms with Gasteiger partial charge in [-0.05, 0) is 12.5 Å². The molecule has 1 rings (SSSR count). The van der Waals surface area contributed by atoms with E-state index in [-0.39, 0.29) is 23.1 Å². The second-order valence-corrected chi connectivity index (χ2v) is 2.43. The number of rotatable bonds is 4. The summed E-state index contributed by atoms with van der Waals surface area (Å²) in [6.45, 7) is 2.95. The van der Waals surface area contributed by atoms with E-state index in [4.69, 9.17) is 4.74 Å². The molecule has 0 aliphatic rings. The Labute approximate surface area is 90.3 Å². The number of hydrogen-bond acceptors (Lipinski definition) is 1. The van der Waals surface area contributed by atoms with E-state index in [2.05, 4.69) is 13.0 Å². The van der Waals surface area contributed by atoms with Gasteiger partial charge in [0.05, 0.1) is 6.61 Å². The Hall–Kier alpha value is -0.214. The molecule has 1 nitrogen and oxygen atoms in total. The van der Waals surface area contributed by atoms with Crippen LogP contribution in [0, 0.1) is 6.07 Å². The standard InChI is InChI=1S/C10H13O.Mg.2H/c1-2-3-9-11-10-7-5-4-6-8-10;;;/h4-7H,2-3,9H2,1H3;;;. The van der Waals surface area contributed by atoms with E-state index < -0.39 is 0 Å². The SMILES string of the molecule is CCCCOc1[c]cccc1.[MgH2]. The minimum Gasteiger partial charge on any atom is -0.493 e. The Bertz CT molecular complexity index is 186. The minimum atomic E-state index is 0. The topological polar surface area (TPSA) is 9.23 Å². The fourth-order valence-corrected chi connectivity index (χ4v) is 0.793. The second kappa shape index (κ2) is 7.44. The van der Waals surface area contributed by atoms with Crippen molar-refractivity contribution in [2.75, 3.05) is 6.61 Å². The van der Waals surface area contributed by atoms with Gasteiger partial charge in [-0.2, -0.15) is 0 Å². The Balaban J connectivity index is 0.00000121. The molecule has 0 atom stereocenters. The lowest BCUT2D eigenvalue weighted by Crippen LogP contribution is -1.95. The van der Waals surface area contributed by atoms with E-state index >= 15 is 0 Å². The van der Waals surface area contributed by atoms with E-state index in [1.807, 2.05) is 24.3 Å². The van der Waals surface area contributed by atoms with Crippen LogP contribution in [-0.4, -0.2) is 29.7 Å². The molecular weight excluding hydrogens is 160 g/mol. The van der Waals surface area contributed by atoms with Gasteiger partial charge in [0, 0.05) is 6.07 Å². The van der Waals surface area contributed by atoms with Gasteiger partial charge < -0.3 is 4.74 Å². The first-order chi connectivity index (χ1) is 5.43. The van der Waals surface area contributed by atoms with Crippen LogP contribution in [0.4, 0.5) is 0 Å². The van der Waals surface area contributed by atoms with Crippen molar-refractivity contribution in [3.63, 3.8) is 0 Å². The van der Waals surface area contributed by atoms with Gasteiger partial charge in [0.2, 0.25) is 0 Å². The third-order valence-electron chi connectivity index (χ3n) is 1.44. The highest BCUT2D eigenvalue weighted by atomic mass is 24.3. The molecule has 1 aromatic rings. The maximum absolute atomic E-state index is 5.39. The van der Waals surface area contributed by atoms with Crippen LogP contribution in [0.3, 0.4) is 0 Å².